The molecule has 0 fully saturated rings. The number of rotatable bonds is 11. The van der Waals surface area contributed by atoms with E-state index in [1.807, 2.05) is 43.3 Å². The number of thioether (sulfide) groups is 1. The second kappa shape index (κ2) is 13.6. The van der Waals surface area contributed by atoms with E-state index in [-0.39, 0.29) is 28.5 Å². The van der Waals surface area contributed by atoms with Crippen LogP contribution in [0.25, 0.3) is 10.8 Å². The number of carbonyl (C=O) groups is 1. The number of amides is 1. The second-order valence-corrected chi connectivity index (χ2v) is 11.4. The molecule has 0 spiro atoms. The predicted molar refractivity (Wildman–Crippen MR) is 177 cm³/mol. The highest BCUT2D eigenvalue weighted by atomic mass is 32.2. The minimum absolute atomic E-state index is 0.0193. The molecule has 0 bridgehead atoms. The van der Waals surface area contributed by atoms with Crippen molar-refractivity contribution < 1.29 is 24.3 Å². The summed E-state index contributed by atoms with van der Waals surface area (Å²) < 4.78 is 13.0. The van der Waals surface area contributed by atoms with E-state index >= 15 is 0 Å². The van der Waals surface area contributed by atoms with Crippen molar-refractivity contribution in [3.63, 3.8) is 0 Å². The highest BCUT2D eigenvalue weighted by Gasteiger charge is 2.22. The van der Waals surface area contributed by atoms with Crippen LogP contribution in [0.2, 0.25) is 0 Å². The monoisotopic (exact) mass is 648 g/mol. The van der Waals surface area contributed by atoms with Crippen molar-refractivity contribution in [3.8, 4) is 23.0 Å². The fourth-order valence-corrected chi connectivity index (χ4v) is 5.76. The van der Waals surface area contributed by atoms with Crippen LogP contribution in [0.15, 0.2) is 102 Å². The number of methoxy groups -OCH3 is 1. The number of anilines is 1. The molecule has 0 unspecified atom stereocenters. The molecule has 0 aliphatic rings. The largest absolute Gasteiger partial charge is 0.506 e. The topological polar surface area (TPSA) is 155 Å². The summed E-state index contributed by atoms with van der Waals surface area (Å²) in [7, 11) is 1.61. The van der Waals surface area contributed by atoms with Gasteiger partial charge in [0, 0.05) is 28.3 Å². The first-order valence-corrected chi connectivity index (χ1v) is 15.4. The third-order valence-electron chi connectivity index (χ3n) is 7.41. The molecule has 1 heterocycles. The molecule has 0 radical (unpaired) electrons. The standard InChI is InChI=1S/C34H28N6O6S/c1-21-7-3-6-10-28(21)35-33(42)27-18-31(25-8-4-5-9-26(25)32(27)41)46-30-16-13-23(17-29(30)40(43)44)20-47-34-36-37-38-39(34)19-22-11-14-24(45-2)15-12-22/h3-18,41H,19-20H2,1-2H3,(H,35,42). The zero-order valence-electron chi connectivity index (χ0n) is 25.3. The Morgan fingerprint density at radius 3 is 2.43 bits per heavy atom. The van der Waals surface area contributed by atoms with Crippen molar-refractivity contribution in [1.82, 2.24) is 20.2 Å². The molecular formula is C34H28N6O6S. The Morgan fingerprint density at radius 2 is 1.68 bits per heavy atom. The second-order valence-electron chi connectivity index (χ2n) is 10.5. The van der Waals surface area contributed by atoms with Crippen molar-refractivity contribution in [2.24, 2.45) is 0 Å². The van der Waals surface area contributed by atoms with Gasteiger partial charge in [-0.2, -0.15) is 0 Å². The first-order valence-electron chi connectivity index (χ1n) is 14.4. The van der Waals surface area contributed by atoms with Crippen LogP contribution in [0.3, 0.4) is 0 Å². The molecule has 1 aromatic heterocycles. The lowest BCUT2D eigenvalue weighted by Gasteiger charge is -2.15. The molecule has 1 amide bonds. The Morgan fingerprint density at radius 1 is 0.957 bits per heavy atom. The lowest BCUT2D eigenvalue weighted by atomic mass is 10.0. The van der Waals surface area contributed by atoms with Gasteiger partial charge in [0.2, 0.25) is 10.9 Å². The Balaban J connectivity index is 1.24. The third-order valence-corrected chi connectivity index (χ3v) is 8.44. The van der Waals surface area contributed by atoms with Crippen LogP contribution < -0.4 is 14.8 Å². The molecule has 0 saturated heterocycles. The van der Waals surface area contributed by atoms with Gasteiger partial charge in [-0.3, -0.25) is 14.9 Å². The molecular weight excluding hydrogens is 620 g/mol. The molecule has 0 aliphatic heterocycles. The summed E-state index contributed by atoms with van der Waals surface area (Å²) in [6, 6.07) is 27.7. The molecule has 236 valence electrons. The van der Waals surface area contributed by atoms with E-state index in [0.717, 1.165) is 16.9 Å². The Labute approximate surface area is 273 Å². The maximum absolute atomic E-state index is 13.3. The molecule has 6 aromatic rings. The minimum Gasteiger partial charge on any atom is -0.506 e. The van der Waals surface area contributed by atoms with Gasteiger partial charge >= 0.3 is 5.69 Å². The summed E-state index contributed by atoms with van der Waals surface area (Å²) in [5.41, 5.74) is 2.78. The number of hydrogen-bond acceptors (Lipinski definition) is 10. The van der Waals surface area contributed by atoms with Crippen molar-refractivity contribution in [3.05, 3.63) is 129 Å². The average Bonchev–Trinajstić information content (AvgIpc) is 3.53. The van der Waals surface area contributed by atoms with Crippen molar-refractivity contribution >= 4 is 39.8 Å². The number of phenols is 1. The van der Waals surface area contributed by atoms with E-state index in [9.17, 15) is 20.0 Å². The number of benzene rings is 5. The molecule has 0 aliphatic carbocycles. The number of nitro groups is 1. The van der Waals surface area contributed by atoms with Gasteiger partial charge in [-0.1, -0.05) is 72.4 Å². The molecule has 12 nitrogen and oxygen atoms in total. The summed E-state index contributed by atoms with van der Waals surface area (Å²) in [5, 5.41) is 39.4. The zero-order chi connectivity index (χ0) is 32.9. The summed E-state index contributed by atoms with van der Waals surface area (Å²) >= 11 is 1.34. The number of nitrogens with zero attached hydrogens (tertiary/aromatic N) is 5. The molecule has 5 aromatic carbocycles. The number of nitrogens with one attached hydrogen (secondary N) is 1. The van der Waals surface area contributed by atoms with Gasteiger partial charge in [-0.25, -0.2) is 4.68 Å². The predicted octanol–water partition coefficient (Wildman–Crippen LogP) is 7.14. The summed E-state index contributed by atoms with van der Waals surface area (Å²) in [6.07, 6.45) is 0. The third kappa shape index (κ3) is 6.84. The van der Waals surface area contributed by atoms with Crippen LogP contribution in [0.1, 0.15) is 27.0 Å². The normalized spacial score (nSPS) is 10.9. The molecule has 47 heavy (non-hydrogen) atoms. The van der Waals surface area contributed by atoms with E-state index in [1.165, 1.54) is 30.0 Å². The molecule has 2 N–H and O–H groups in total. The number of nitro benzene ring substituents is 1. The van der Waals surface area contributed by atoms with Crippen molar-refractivity contribution in [2.45, 2.75) is 24.4 Å². The number of aromatic nitrogens is 4. The molecule has 0 atom stereocenters. The number of para-hydroxylation sites is 1. The lowest BCUT2D eigenvalue weighted by molar-refractivity contribution is -0.385. The van der Waals surface area contributed by atoms with Gasteiger partial charge in [-0.15, -0.1) is 5.10 Å². The Bertz CT molecular complexity index is 2100. The molecule has 0 saturated carbocycles. The first-order chi connectivity index (χ1) is 22.8. The van der Waals surface area contributed by atoms with Crippen LogP contribution in [-0.2, 0) is 12.3 Å². The van der Waals surface area contributed by atoms with Crippen LogP contribution >= 0.6 is 11.8 Å². The van der Waals surface area contributed by atoms with Crippen LogP contribution in [-0.4, -0.2) is 43.3 Å². The number of tetrazole rings is 1. The summed E-state index contributed by atoms with van der Waals surface area (Å²) in [5.74, 6) is 0.483. The van der Waals surface area contributed by atoms with Crippen LogP contribution in [0.4, 0.5) is 11.4 Å². The van der Waals surface area contributed by atoms with Crippen molar-refractivity contribution in [2.75, 3.05) is 12.4 Å². The SMILES string of the molecule is COc1ccc(Cn2nnnc2SCc2ccc(Oc3cc(C(=O)Nc4ccccc4C)c(O)c4ccccc34)c([N+](=O)[O-])c2)cc1. The number of aromatic hydroxyl groups is 1. The Hall–Kier alpha value is -5.95. The number of fused-ring (bicyclic) bond motifs is 1. The van der Waals surface area contributed by atoms with Gasteiger partial charge in [0.15, 0.2) is 0 Å². The summed E-state index contributed by atoms with van der Waals surface area (Å²) in [6.45, 7) is 2.30. The highest BCUT2D eigenvalue weighted by Crippen LogP contribution is 2.41. The van der Waals surface area contributed by atoms with E-state index in [0.29, 0.717) is 39.5 Å². The summed E-state index contributed by atoms with van der Waals surface area (Å²) in [4.78, 5) is 25.0. The number of phenolic OH excluding ortho intramolecular Hbond substituents is 1. The van der Waals surface area contributed by atoms with Crippen LogP contribution in [0.5, 0.6) is 23.0 Å². The van der Waals surface area contributed by atoms with Gasteiger partial charge in [0.05, 0.1) is 24.1 Å². The van der Waals surface area contributed by atoms with Gasteiger partial charge in [0.1, 0.15) is 17.2 Å². The smallest absolute Gasteiger partial charge is 0.311 e. The molecule has 13 heteroatoms. The fourth-order valence-electron chi connectivity index (χ4n) is 4.94. The number of carbonyl (C=O) groups excluding carboxylic acids is 1. The molecule has 6 rings (SSSR count). The van der Waals surface area contributed by atoms with E-state index in [4.69, 9.17) is 9.47 Å². The zero-order valence-corrected chi connectivity index (χ0v) is 26.1. The fraction of sp³-hybridized carbons (Fsp3) is 0.118. The average molecular weight is 649 g/mol. The van der Waals surface area contributed by atoms with Crippen LogP contribution in [0, 0.1) is 17.0 Å². The number of hydrogen-bond donors (Lipinski definition) is 2. The van der Waals surface area contributed by atoms with Gasteiger partial charge in [0.25, 0.3) is 5.91 Å². The van der Waals surface area contributed by atoms with E-state index in [2.05, 4.69) is 20.8 Å². The maximum Gasteiger partial charge on any atom is 0.311 e. The maximum atomic E-state index is 13.3. The van der Waals surface area contributed by atoms with E-state index in [1.54, 1.807) is 54.3 Å². The minimum atomic E-state index is -0.552. The van der Waals surface area contributed by atoms with Gasteiger partial charge in [-0.05, 0) is 64.4 Å². The highest BCUT2D eigenvalue weighted by molar-refractivity contribution is 7.98. The lowest BCUT2D eigenvalue weighted by Crippen LogP contribution is -2.13. The quantitative estimate of drug-likeness (QED) is 0.0841. The first kappa shape index (κ1) is 31.0. The van der Waals surface area contributed by atoms with Gasteiger partial charge < -0.3 is 19.9 Å². The Kier molecular flexibility index (Phi) is 8.97. The van der Waals surface area contributed by atoms with Crippen molar-refractivity contribution in [1.29, 1.82) is 0 Å². The van der Waals surface area contributed by atoms with E-state index < -0.39 is 10.8 Å². The number of ether oxygens (including phenoxy) is 2. The number of aryl methyl sites for hydroxylation is 1.